The van der Waals surface area contributed by atoms with Gasteiger partial charge in [-0.25, -0.2) is 0 Å². The monoisotopic (exact) mass is 521 g/mol. The van der Waals surface area contributed by atoms with Gasteiger partial charge in [-0.15, -0.1) is 0 Å². The first-order chi connectivity index (χ1) is 17.1. The Hall–Kier alpha value is -2.04. The number of carbonyl (C=O) groups excluding carboxylic acids is 2. The third-order valence-corrected chi connectivity index (χ3v) is 7.19. The Bertz CT molecular complexity index is 932. The van der Waals surface area contributed by atoms with E-state index in [0.717, 1.165) is 12.0 Å². The van der Waals surface area contributed by atoms with E-state index in [1.807, 2.05) is 19.9 Å². The molecule has 1 spiro atoms. The lowest BCUT2D eigenvalue weighted by Gasteiger charge is -2.40. The Labute approximate surface area is 219 Å². The number of hydrogen-bond donors (Lipinski definition) is 3. The van der Waals surface area contributed by atoms with Gasteiger partial charge in [-0.3, -0.25) is 9.59 Å². The predicted molar refractivity (Wildman–Crippen MR) is 137 cm³/mol. The summed E-state index contributed by atoms with van der Waals surface area (Å²) in [6.45, 7) is 12.8. The topological polar surface area (TPSA) is 127 Å². The second kappa shape index (κ2) is 11.4. The fourth-order valence-electron chi connectivity index (χ4n) is 5.11. The number of allylic oxidation sites excluding steroid dienone is 2. The molecule has 0 aliphatic carbocycles. The molecule has 0 bridgehead atoms. The summed E-state index contributed by atoms with van der Waals surface area (Å²) in [5.41, 5.74) is -0.580. The first-order valence-corrected chi connectivity index (χ1v) is 13.0. The van der Waals surface area contributed by atoms with Crippen LogP contribution >= 0.6 is 0 Å². The second-order valence-corrected chi connectivity index (χ2v) is 11.5. The van der Waals surface area contributed by atoms with Crippen LogP contribution in [-0.2, 0) is 28.5 Å². The lowest BCUT2D eigenvalue weighted by atomic mass is 9.87. The van der Waals surface area contributed by atoms with Crippen LogP contribution in [0.25, 0.3) is 0 Å². The zero-order chi connectivity index (χ0) is 27.6. The molecule has 0 aromatic heterocycles. The SMILES string of the molecule is CC(=O)OC(C)(C)/C=C\C(=O)NC1C[C@H](C)[C@H](C/C=C(C)/C=C/[C@H]2O[C@](C)(O)C[C@@]3(CO3)[C@@H]2O)O[C@@H]1C. The Morgan fingerprint density at radius 3 is 2.51 bits per heavy atom. The van der Waals surface area contributed by atoms with E-state index in [2.05, 4.69) is 18.3 Å². The van der Waals surface area contributed by atoms with Crippen LogP contribution in [0.2, 0.25) is 0 Å². The number of aliphatic hydroxyl groups is 2. The molecule has 9 nitrogen and oxygen atoms in total. The molecule has 1 amide bonds. The fraction of sp³-hybridized carbons (Fsp3) is 0.714. The van der Waals surface area contributed by atoms with E-state index in [1.54, 1.807) is 32.9 Å². The molecule has 37 heavy (non-hydrogen) atoms. The van der Waals surface area contributed by atoms with Crippen molar-refractivity contribution in [2.24, 2.45) is 5.92 Å². The highest BCUT2D eigenvalue weighted by Gasteiger charge is 2.61. The molecule has 3 aliphatic heterocycles. The van der Waals surface area contributed by atoms with Crippen molar-refractivity contribution in [1.82, 2.24) is 5.32 Å². The molecule has 208 valence electrons. The zero-order valence-corrected chi connectivity index (χ0v) is 23.0. The van der Waals surface area contributed by atoms with Crippen molar-refractivity contribution in [2.45, 2.75) is 115 Å². The minimum absolute atomic E-state index is 0.00494. The Morgan fingerprint density at radius 2 is 1.89 bits per heavy atom. The van der Waals surface area contributed by atoms with E-state index >= 15 is 0 Å². The van der Waals surface area contributed by atoms with Gasteiger partial charge < -0.3 is 34.5 Å². The van der Waals surface area contributed by atoms with Crippen LogP contribution in [0.3, 0.4) is 0 Å². The molecule has 3 aliphatic rings. The number of nitrogens with one attached hydrogen (secondary N) is 1. The van der Waals surface area contributed by atoms with Crippen LogP contribution in [0.5, 0.6) is 0 Å². The quantitative estimate of drug-likeness (QED) is 0.193. The van der Waals surface area contributed by atoms with Gasteiger partial charge in [0.15, 0.2) is 5.79 Å². The first-order valence-electron chi connectivity index (χ1n) is 13.0. The Balaban J connectivity index is 1.50. The molecule has 0 aromatic carbocycles. The maximum atomic E-state index is 12.4. The molecule has 0 saturated carbocycles. The third kappa shape index (κ3) is 8.22. The Morgan fingerprint density at radius 1 is 1.22 bits per heavy atom. The van der Waals surface area contributed by atoms with Crippen LogP contribution in [0.4, 0.5) is 0 Å². The second-order valence-electron chi connectivity index (χ2n) is 11.5. The summed E-state index contributed by atoms with van der Waals surface area (Å²) in [4.78, 5) is 23.6. The van der Waals surface area contributed by atoms with Crippen LogP contribution in [-0.4, -0.2) is 76.1 Å². The summed E-state index contributed by atoms with van der Waals surface area (Å²) in [5.74, 6) is -1.78. The van der Waals surface area contributed by atoms with E-state index < -0.39 is 35.2 Å². The van der Waals surface area contributed by atoms with E-state index in [-0.39, 0.29) is 36.5 Å². The molecule has 3 N–H and O–H groups in total. The molecule has 3 fully saturated rings. The summed E-state index contributed by atoms with van der Waals surface area (Å²) in [6.07, 6.45) is 8.80. The van der Waals surface area contributed by atoms with Gasteiger partial charge in [-0.05, 0) is 59.5 Å². The van der Waals surface area contributed by atoms with Crippen LogP contribution in [0.15, 0.2) is 36.0 Å². The molecule has 1 unspecified atom stereocenters. The highest BCUT2D eigenvalue weighted by molar-refractivity contribution is 5.88. The highest BCUT2D eigenvalue weighted by atomic mass is 16.7. The summed E-state index contributed by atoms with van der Waals surface area (Å²) in [6, 6.07) is -0.125. The molecule has 9 heteroatoms. The van der Waals surface area contributed by atoms with Gasteiger partial charge >= 0.3 is 5.97 Å². The minimum Gasteiger partial charge on any atom is -0.456 e. The largest absolute Gasteiger partial charge is 0.456 e. The van der Waals surface area contributed by atoms with Crippen molar-refractivity contribution in [3.8, 4) is 0 Å². The maximum Gasteiger partial charge on any atom is 0.303 e. The summed E-state index contributed by atoms with van der Waals surface area (Å²) >= 11 is 0. The number of carbonyl (C=O) groups is 2. The van der Waals surface area contributed by atoms with Gasteiger partial charge in [-0.1, -0.05) is 30.7 Å². The summed E-state index contributed by atoms with van der Waals surface area (Å²) in [7, 11) is 0. The van der Waals surface area contributed by atoms with Gasteiger partial charge in [0.1, 0.15) is 23.4 Å². The van der Waals surface area contributed by atoms with Gasteiger partial charge in [0.05, 0.1) is 24.9 Å². The maximum absolute atomic E-state index is 12.4. The number of amides is 1. The lowest BCUT2D eigenvalue weighted by Crippen LogP contribution is -2.54. The van der Waals surface area contributed by atoms with Gasteiger partial charge in [0, 0.05) is 19.4 Å². The standard InChI is InChI=1S/C28H43NO8/c1-17(9-11-23-25(32)28(16-34-28)15-27(7,33)37-23)8-10-22-18(2)14-21(19(3)35-22)29-24(31)12-13-26(5,6)36-20(4)30/h8-9,11-13,18-19,21-23,25,32-33H,10,14-16H2,1-7H3,(H,29,31)/b11-9+,13-12-,17-8+/t18-,19+,21?,22-,23+,25+,27-,28+/m0/s1. The number of epoxide rings is 1. The average molecular weight is 522 g/mol. The number of rotatable bonds is 8. The smallest absolute Gasteiger partial charge is 0.303 e. The van der Waals surface area contributed by atoms with E-state index in [4.69, 9.17) is 18.9 Å². The van der Waals surface area contributed by atoms with Gasteiger partial charge in [0.2, 0.25) is 5.91 Å². The molecule has 3 rings (SSSR count). The van der Waals surface area contributed by atoms with Crippen molar-refractivity contribution in [1.29, 1.82) is 0 Å². The van der Waals surface area contributed by atoms with Crippen LogP contribution < -0.4 is 5.32 Å². The third-order valence-electron chi connectivity index (χ3n) is 7.19. The van der Waals surface area contributed by atoms with E-state index in [9.17, 15) is 19.8 Å². The number of ether oxygens (including phenoxy) is 4. The van der Waals surface area contributed by atoms with Gasteiger partial charge in [0.25, 0.3) is 0 Å². The number of hydrogen-bond acceptors (Lipinski definition) is 8. The molecule has 3 heterocycles. The van der Waals surface area contributed by atoms with Crippen LogP contribution in [0, 0.1) is 5.92 Å². The molecular weight excluding hydrogens is 478 g/mol. The molecule has 8 atom stereocenters. The van der Waals surface area contributed by atoms with Crippen molar-refractivity contribution in [3.63, 3.8) is 0 Å². The van der Waals surface area contributed by atoms with Crippen molar-refractivity contribution in [2.75, 3.05) is 6.61 Å². The highest BCUT2D eigenvalue weighted by Crippen LogP contribution is 2.45. The number of esters is 1. The molecular formula is C28H43NO8. The first kappa shape index (κ1) is 29.5. The molecule has 0 aromatic rings. The van der Waals surface area contributed by atoms with Crippen LogP contribution in [0.1, 0.15) is 67.7 Å². The van der Waals surface area contributed by atoms with Crippen molar-refractivity contribution < 1.29 is 38.7 Å². The number of aliphatic hydroxyl groups excluding tert-OH is 1. The fourth-order valence-corrected chi connectivity index (χ4v) is 5.11. The molecule has 0 radical (unpaired) electrons. The average Bonchev–Trinajstić information content (AvgIpc) is 3.53. The molecule has 3 saturated heterocycles. The zero-order valence-electron chi connectivity index (χ0n) is 23.0. The summed E-state index contributed by atoms with van der Waals surface area (Å²) < 4.78 is 22.5. The normalized spacial score (nSPS) is 38.8. The lowest BCUT2D eigenvalue weighted by molar-refractivity contribution is -0.272. The van der Waals surface area contributed by atoms with E-state index in [1.165, 1.54) is 13.0 Å². The Kier molecular flexibility index (Phi) is 9.07. The predicted octanol–water partition coefficient (Wildman–Crippen LogP) is 2.70. The van der Waals surface area contributed by atoms with Gasteiger partial charge in [-0.2, -0.15) is 0 Å². The van der Waals surface area contributed by atoms with E-state index in [0.29, 0.717) is 13.0 Å². The van der Waals surface area contributed by atoms with Crippen molar-refractivity contribution in [3.05, 3.63) is 36.0 Å². The van der Waals surface area contributed by atoms with Crippen molar-refractivity contribution >= 4 is 11.9 Å². The minimum atomic E-state index is -1.34. The summed E-state index contributed by atoms with van der Waals surface area (Å²) in [5, 5.41) is 24.0.